The summed E-state index contributed by atoms with van der Waals surface area (Å²) in [5, 5.41) is 11.3. The number of carbonyl (C=O) groups excluding carboxylic acids is 1. The molecule has 0 saturated heterocycles. The van der Waals surface area contributed by atoms with Crippen molar-refractivity contribution in [2.24, 2.45) is 0 Å². The van der Waals surface area contributed by atoms with Crippen LogP contribution in [0.2, 0.25) is 0 Å². The number of amides is 1. The largest absolute Gasteiger partial charge is 0.484 e. The highest BCUT2D eigenvalue weighted by atomic mass is 16.5. The van der Waals surface area contributed by atoms with E-state index in [4.69, 9.17) is 14.6 Å². The highest BCUT2D eigenvalue weighted by Crippen LogP contribution is 2.20. The van der Waals surface area contributed by atoms with Crippen molar-refractivity contribution in [3.8, 4) is 5.75 Å². The molecule has 0 spiro atoms. The van der Waals surface area contributed by atoms with Gasteiger partial charge in [-0.25, -0.2) is 4.79 Å². The number of aliphatic carboxylic acids is 1. The summed E-state index contributed by atoms with van der Waals surface area (Å²) in [7, 11) is 3.13. The quantitative estimate of drug-likeness (QED) is 0.587. The van der Waals surface area contributed by atoms with Crippen LogP contribution >= 0.6 is 0 Å². The molecule has 6 heteroatoms. The second-order valence-corrected chi connectivity index (χ2v) is 7.09. The van der Waals surface area contributed by atoms with Crippen LogP contribution in [-0.4, -0.2) is 48.8 Å². The predicted octanol–water partition coefficient (Wildman–Crippen LogP) is 3.52. The molecule has 6 nitrogen and oxygen atoms in total. The molecule has 0 aliphatic carbocycles. The molecule has 0 unspecified atom stereocenters. The number of rotatable bonds is 9. The van der Waals surface area contributed by atoms with Gasteiger partial charge in [-0.2, -0.15) is 0 Å². The number of carboxylic acid groups (broad SMARTS) is 1. The molecule has 3 aromatic carbocycles. The fourth-order valence-electron chi connectivity index (χ4n) is 3.24. The lowest BCUT2D eigenvalue weighted by Gasteiger charge is -2.19. The second kappa shape index (κ2) is 9.89. The number of nitrogens with zero attached hydrogens (tertiary/aromatic N) is 1. The molecule has 1 N–H and O–H groups in total. The van der Waals surface area contributed by atoms with Gasteiger partial charge in [-0.3, -0.25) is 4.79 Å². The number of hydrogen-bond donors (Lipinski definition) is 1. The summed E-state index contributed by atoms with van der Waals surface area (Å²) in [6.45, 7) is 0.423. The smallest absolute Gasteiger partial charge is 0.333 e. The van der Waals surface area contributed by atoms with Crippen LogP contribution < -0.4 is 4.74 Å². The average molecular weight is 407 g/mol. The molecule has 0 fully saturated rings. The van der Waals surface area contributed by atoms with Crippen LogP contribution in [0.15, 0.2) is 66.7 Å². The van der Waals surface area contributed by atoms with E-state index in [1.54, 1.807) is 36.2 Å². The summed E-state index contributed by atoms with van der Waals surface area (Å²) in [5.74, 6) is -0.579. The van der Waals surface area contributed by atoms with Crippen LogP contribution in [0.3, 0.4) is 0 Å². The van der Waals surface area contributed by atoms with Gasteiger partial charge in [-0.05, 0) is 34.0 Å². The van der Waals surface area contributed by atoms with Crippen molar-refractivity contribution in [1.29, 1.82) is 0 Å². The first-order valence-electron chi connectivity index (χ1n) is 9.66. The van der Waals surface area contributed by atoms with E-state index in [2.05, 4.69) is 18.2 Å². The average Bonchev–Trinajstić information content (AvgIpc) is 2.76. The van der Waals surface area contributed by atoms with Gasteiger partial charge in [0.15, 0.2) is 12.7 Å². The molecule has 30 heavy (non-hydrogen) atoms. The van der Waals surface area contributed by atoms with Crippen molar-refractivity contribution in [2.45, 2.75) is 19.1 Å². The molecule has 3 rings (SSSR count). The van der Waals surface area contributed by atoms with Crippen molar-refractivity contribution >= 4 is 22.6 Å². The Balaban J connectivity index is 1.55. The number of hydrogen-bond acceptors (Lipinski definition) is 4. The molecular weight excluding hydrogens is 382 g/mol. The Labute approximate surface area is 175 Å². The van der Waals surface area contributed by atoms with E-state index in [9.17, 15) is 9.59 Å². The Hall–Kier alpha value is -3.38. The topological polar surface area (TPSA) is 76.1 Å². The fourth-order valence-corrected chi connectivity index (χ4v) is 3.24. The zero-order chi connectivity index (χ0) is 21.5. The van der Waals surface area contributed by atoms with Crippen LogP contribution in [0.1, 0.15) is 11.1 Å². The van der Waals surface area contributed by atoms with E-state index in [1.807, 2.05) is 24.3 Å². The zero-order valence-corrected chi connectivity index (χ0v) is 17.1. The fraction of sp³-hybridized carbons (Fsp3) is 0.250. The third-order valence-electron chi connectivity index (χ3n) is 4.98. The van der Waals surface area contributed by atoms with E-state index >= 15 is 0 Å². The summed E-state index contributed by atoms with van der Waals surface area (Å²) in [5.41, 5.74) is 1.90. The minimum atomic E-state index is -1.00. The number of likely N-dealkylation sites (N-methyl/N-ethyl adjacent to an activating group) is 1. The second-order valence-electron chi connectivity index (χ2n) is 7.09. The molecule has 0 aliphatic heterocycles. The number of methoxy groups -OCH3 is 1. The van der Waals surface area contributed by atoms with E-state index in [1.165, 1.54) is 7.11 Å². The molecule has 1 atom stereocenters. The first-order chi connectivity index (χ1) is 14.5. The number of carbonyl (C=O) groups is 2. The van der Waals surface area contributed by atoms with Crippen LogP contribution in [0, 0.1) is 0 Å². The molecule has 156 valence electrons. The van der Waals surface area contributed by atoms with E-state index in [0.29, 0.717) is 12.3 Å². The highest BCUT2D eigenvalue weighted by molar-refractivity contribution is 5.86. The maximum Gasteiger partial charge on any atom is 0.333 e. The van der Waals surface area contributed by atoms with Gasteiger partial charge in [0.05, 0.1) is 0 Å². The molecular formula is C24H25NO5. The van der Waals surface area contributed by atoms with E-state index in [0.717, 1.165) is 21.9 Å². The molecule has 0 heterocycles. The monoisotopic (exact) mass is 407 g/mol. The Morgan fingerprint density at radius 2 is 1.70 bits per heavy atom. The SMILES string of the molecule is CO[C@@H](Cc1ccc(OCC(=O)N(C)Cc2cccc3ccccc23)cc1)C(=O)O. The van der Waals surface area contributed by atoms with Gasteiger partial charge >= 0.3 is 5.97 Å². The summed E-state index contributed by atoms with van der Waals surface area (Å²) < 4.78 is 10.6. The normalized spacial score (nSPS) is 11.8. The van der Waals surface area contributed by atoms with Crippen molar-refractivity contribution in [2.75, 3.05) is 20.8 Å². The third kappa shape index (κ3) is 5.36. The first-order valence-corrected chi connectivity index (χ1v) is 9.66. The number of fused-ring (bicyclic) bond motifs is 1. The minimum Gasteiger partial charge on any atom is -0.484 e. The van der Waals surface area contributed by atoms with Crippen LogP contribution in [0.25, 0.3) is 10.8 Å². The predicted molar refractivity (Wildman–Crippen MR) is 114 cm³/mol. The summed E-state index contributed by atoms with van der Waals surface area (Å²) in [4.78, 5) is 25.2. The standard InChI is InChI=1S/C24H25NO5/c1-25(15-19-8-5-7-18-6-3-4-9-21(18)19)23(26)16-30-20-12-10-17(11-13-20)14-22(29-2)24(27)28/h3-13,22H,14-16H2,1-2H3,(H,27,28)/t22-/m0/s1. The van der Waals surface area contributed by atoms with Gasteiger partial charge in [-0.1, -0.05) is 54.6 Å². The first kappa shape index (κ1) is 21.3. The van der Waals surface area contributed by atoms with Crippen molar-refractivity contribution in [1.82, 2.24) is 4.90 Å². The Morgan fingerprint density at radius 3 is 2.40 bits per heavy atom. The minimum absolute atomic E-state index is 0.0730. The highest BCUT2D eigenvalue weighted by Gasteiger charge is 2.17. The third-order valence-corrected chi connectivity index (χ3v) is 4.98. The molecule has 0 bridgehead atoms. The molecule has 0 aromatic heterocycles. The van der Waals surface area contributed by atoms with Gasteiger partial charge in [0, 0.05) is 27.1 Å². The molecule has 0 radical (unpaired) electrons. The van der Waals surface area contributed by atoms with Gasteiger partial charge < -0.3 is 19.5 Å². The molecule has 0 saturated carbocycles. The van der Waals surface area contributed by atoms with Crippen molar-refractivity contribution < 1.29 is 24.2 Å². The van der Waals surface area contributed by atoms with Gasteiger partial charge in [-0.15, -0.1) is 0 Å². The lowest BCUT2D eigenvalue weighted by molar-refractivity contribution is -0.148. The number of benzene rings is 3. The maximum absolute atomic E-state index is 12.5. The summed E-state index contributed by atoms with van der Waals surface area (Å²) >= 11 is 0. The number of carboxylic acids is 1. The molecule has 3 aromatic rings. The van der Waals surface area contributed by atoms with Crippen LogP contribution in [0.5, 0.6) is 5.75 Å². The Bertz CT molecular complexity index is 1010. The van der Waals surface area contributed by atoms with Crippen molar-refractivity contribution in [3.63, 3.8) is 0 Å². The zero-order valence-electron chi connectivity index (χ0n) is 17.1. The Kier molecular flexibility index (Phi) is 7.03. The lowest BCUT2D eigenvalue weighted by Crippen LogP contribution is -2.31. The van der Waals surface area contributed by atoms with E-state index < -0.39 is 12.1 Å². The van der Waals surface area contributed by atoms with Crippen molar-refractivity contribution in [3.05, 3.63) is 77.9 Å². The summed E-state index contributed by atoms with van der Waals surface area (Å²) in [6.07, 6.45) is -0.625. The van der Waals surface area contributed by atoms with Crippen LogP contribution in [-0.2, 0) is 27.3 Å². The maximum atomic E-state index is 12.5. The Morgan fingerprint density at radius 1 is 1.00 bits per heavy atom. The van der Waals surface area contributed by atoms with Gasteiger partial charge in [0.2, 0.25) is 0 Å². The van der Waals surface area contributed by atoms with Gasteiger partial charge in [0.25, 0.3) is 5.91 Å². The summed E-state index contributed by atoms with van der Waals surface area (Å²) in [6, 6.07) is 21.2. The molecule has 0 aliphatic rings. The van der Waals surface area contributed by atoms with E-state index in [-0.39, 0.29) is 18.9 Å². The lowest BCUT2D eigenvalue weighted by atomic mass is 10.0. The van der Waals surface area contributed by atoms with Gasteiger partial charge in [0.1, 0.15) is 5.75 Å². The molecule has 1 amide bonds. The van der Waals surface area contributed by atoms with Crippen LogP contribution in [0.4, 0.5) is 0 Å². The number of ether oxygens (including phenoxy) is 2.